The molecule has 0 unspecified atom stereocenters. The van der Waals surface area contributed by atoms with Crippen molar-refractivity contribution < 1.29 is 0 Å². The Kier molecular flexibility index (Phi) is 8.89. The van der Waals surface area contributed by atoms with Gasteiger partial charge in [0.1, 0.15) is 0 Å². The van der Waals surface area contributed by atoms with Gasteiger partial charge in [0.2, 0.25) is 0 Å². The lowest BCUT2D eigenvalue weighted by Crippen LogP contribution is -2.21. The third kappa shape index (κ3) is 7.04. The Bertz CT molecular complexity index is 204. The molecule has 2 nitrogen and oxygen atoms in total. The second-order valence-electron chi connectivity index (χ2n) is 2.79. The highest BCUT2D eigenvalue weighted by Crippen LogP contribution is 2.02. The second kappa shape index (κ2) is 9.16. The van der Waals surface area contributed by atoms with E-state index < -0.39 is 0 Å². The zero-order valence-corrected chi connectivity index (χ0v) is 10.8. The quantitative estimate of drug-likeness (QED) is 0.828. The van der Waals surface area contributed by atoms with E-state index in [9.17, 15) is 0 Å². The Morgan fingerprint density at radius 3 is 1.93 bits per heavy atom. The number of hydrogen-bond donors (Lipinski definition) is 0. The van der Waals surface area contributed by atoms with Gasteiger partial charge in [-0.15, -0.1) is 0 Å². The number of aromatic nitrogens is 1. The highest BCUT2D eigenvalue weighted by atomic mass is 79.9. The van der Waals surface area contributed by atoms with Crippen LogP contribution in [0.4, 0.5) is 0 Å². The summed E-state index contributed by atoms with van der Waals surface area (Å²) in [6.45, 7) is 10.1. The highest BCUT2D eigenvalue weighted by molar-refractivity contribution is 9.10. The fourth-order valence-corrected chi connectivity index (χ4v) is 1.28. The molecule has 1 rings (SSSR count). The van der Waals surface area contributed by atoms with Crippen molar-refractivity contribution in [2.75, 3.05) is 19.6 Å². The Morgan fingerprint density at radius 1 is 1.21 bits per heavy atom. The molecule has 0 fully saturated rings. The fraction of sp³-hybridized carbons (Fsp3) is 0.545. The van der Waals surface area contributed by atoms with Gasteiger partial charge >= 0.3 is 0 Å². The number of pyridine rings is 1. The topological polar surface area (TPSA) is 16.1 Å². The van der Waals surface area contributed by atoms with Crippen molar-refractivity contribution in [2.24, 2.45) is 0 Å². The Hall–Kier alpha value is -0.410. The maximum Gasteiger partial charge on any atom is 0.0410 e. The summed E-state index contributed by atoms with van der Waals surface area (Å²) in [5, 5.41) is 0. The molecule has 80 valence electrons. The minimum absolute atomic E-state index is 1.02. The van der Waals surface area contributed by atoms with Crippen LogP contribution in [-0.2, 0) is 0 Å². The van der Waals surface area contributed by atoms with Crippen molar-refractivity contribution in [1.29, 1.82) is 0 Å². The first-order valence-electron chi connectivity index (χ1n) is 5.02. The van der Waals surface area contributed by atoms with Gasteiger partial charge in [-0.05, 0) is 47.7 Å². The predicted octanol–water partition coefficient (Wildman–Crippen LogP) is 3.19. The zero-order chi connectivity index (χ0) is 10.8. The summed E-state index contributed by atoms with van der Waals surface area (Å²) < 4.78 is 1.02. The lowest BCUT2D eigenvalue weighted by Gasteiger charge is -2.13. The highest BCUT2D eigenvalue weighted by Gasteiger charge is 1.89. The second-order valence-corrected chi connectivity index (χ2v) is 3.71. The molecule has 1 aromatic rings. The van der Waals surface area contributed by atoms with E-state index in [2.05, 4.69) is 46.6 Å². The van der Waals surface area contributed by atoms with Crippen molar-refractivity contribution in [3.05, 3.63) is 29.0 Å². The standard InChI is InChI=1S/C6H15N.C5H4BrN/c1-4-7(5-2)6-3;6-5-2-1-3-7-4-5/h4-6H2,1-3H3;1-4H. The minimum atomic E-state index is 1.02. The van der Waals surface area contributed by atoms with E-state index in [0.29, 0.717) is 0 Å². The molecular weight excluding hydrogens is 240 g/mol. The average molecular weight is 259 g/mol. The normalized spacial score (nSPS) is 9.50. The monoisotopic (exact) mass is 258 g/mol. The van der Waals surface area contributed by atoms with E-state index in [0.717, 1.165) is 4.47 Å². The van der Waals surface area contributed by atoms with Crippen LogP contribution in [0.1, 0.15) is 20.8 Å². The molecule has 0 aliphatic carbocycles. The van der Waals surface area contributed by atoms with Crippen molar-refractivity contribution in [3.8, 4) is 0 Å². The zero-order valence-electron chi connectivity index (χ0n) is 9.20. The third-order valence-corrected chi connectivity index (χ3v) is 2.44. The Morgan fingerprint density at radius 2 is 1.79 bits per heavy atom. The van der Waals surface area contributed by atoms with Gasteiger partial charge < -0.3 is 4.90 Å². The van der Waals surface area contributed by atoms with Crippen molar-refractivity contribution >= 4 is 15.9 Å². The molecular formula is C11H19BrN2. The van der Waals surface area contributed by atoms with Gasteiger partial charge in [0, 0.05) is 16.9 Å². The number of nitrogens with zero attached hydrogens (tertiary/aromatic N) is 2. The van der Waals surface area contributed by atoms with Crippen LogP contribution in [0.15, 0.2) is 29.0 Å². The minimum Gasteiger partial charge on any atom is -0.304 e. The van der Waals surface area contributed by atoms with Crippen molar-refractivity contribution in [3.63, 3.8) is 0 Å². The van der Waals surface area contributed by atoms with Gasteiger partial charge in [0.25, 0.3) is 0 Å². The van der Waals surface area contributed by atoms with Crippen LogP contribution in [0.2, 0.25) is 0 Å². The average Bonchev–Trinajstić information content (AvgIpc) is 2.22. The Balaban J connectivity index is 0.000000241. The van der Waals surface area contributed by atoms with Crippen LogP contribution in [0, 0.1) is 0 Å². The van der Waals surface area contributed by atoms with Gasteiger partial charge in [-0.3, -0.25) is 4.98 Å². The number of hydrogen-bond acceptors (Lipinski definition) is 2. The number of rotatable bonds is 3. The van der Waals surface area contributed by atoms with Crippen molar-refractivity contribution in [1.82, 2.24) is 9.88 Å². The van der Waals surface area contributed by atoms with Crippen LogP contribution < -0.4 is 0 Å². The Labute approximate surface area is 95.5 Å². The van der Waals surface area contributed by atoms with Crippen LogP contribution in [-0.4, -0.2) is 29.5 Å². The molecule has 14 heavy (non-hydrogen) atoms. The van der Waals surface area contributed by atoms with Crippen LogP contribution in [0.25, 0.3) is 0 Å². The fourth-order valence-electron chi connectivity index (χ4n) is 1.01. The molecule has 0 radical (unpaired) electrons. The molecule has 1 heterocycles. The first-order valence-corrected chi connectivity index (χ1v) is 5.81. The van der Waals surface area contributed by atoms with Gasteiger partial charge in [0.15, 0.2) is 0 Å². The summed E-state index contributed by atoms with van der Waals surface area (Å²) in [4.78, 5) is 6.21. The third-order valence-electron chi connectivity index (χ3n) is 1.97. The van der Waals surface area contributed by atoms with Crippen molar-refractivity contribution in [2.45, 2.75) is 20.8 Å². The maximum absolute atomic E-state index is 3.84. The molecule has 0 N–H and O–H groups in total. The molecule has 0 saturated carbocycles. The molecule has 1 aromatic heterocycles. The lowest BCUT2D eigenvalue weighted by molar-refractivity contribution is 0.321. The van der Waals surface area contributed by atoms with Gasteiger partial charge in [0.05, 0.1) is 0 Å². The summed E-state index contributed by atoms with van der Waals surface area (Å²) in [6.07, 6.45) is 3.49. The number of halogens is 1. The van der Waals surface area contributed by atoms with E-state index in [1.54, 1.807) is 12.4 Å². The summed E-state index contributed by atoms with van der Waals surface area (Å²) in [5.74, 6) is 0. The summed E-state index contributed by atoms with van der Waals surface area (Å²) in [5.41, 5.74) is 0. The maximum atomic E-state index is 3.84. The van der Waals surface area contributed by atoms with E-state index in [1.165, 1.54) is 19.6 Å². The molecule has 0 saturated heterocycles. The van der Waals surface area contributed by atoms with E-state index in [4.69, 9.17) is 0 Å². The molecule has 3 heteroatoms. The molecule has 0 aliphatic heterocycles. The first-order chi connectivity index (χ1) is 6.74. The predicted molar refractivity (Wildman–Crippen MR) is 65.4 cm³/mol. The largest absolute Gasteiger partial charge is 0.304 e. The smallest absolute Gasteiger partial charge is 0.0410 e. The summed E-state index contributed by atoms with van der Waals surface area (Å²) >= 11 is 3.25. The van der Waals surface area contributed by atoms with Crippen LogP contribution in [0.3, 0.4) is 0 Å². The van der Waals surface area contributed by atoms with Crippen LogP contribution >= 0.6 is 15.9 Å². The molecule has 0 spiro atoms. The van der Waals surface area contributed by atoms with Gasteiger partial charge in [-0.25, -0.2) is 0 Å². The molecule has 0 amide bonds. The van der Waals surface area contributed by atoms with E-state index in [1.807, 2.05) is 12.1 Å². The molecule has 0 aliphatic rings. The SMILES string of the molecule is Brc1cccnc1.CCN(CC)CC. The van der Waals surface area contributed by atoms with E-state index >= 15 is 0 Å². The summed E-state index contributed by atoms with van der Waals surface area (Å²) in [6, 6.07) is 3.82. The van der Waals surface area contributed by atoms with Crippen LogP contribution in [0.5, 0.6) is 0 Å². The van der Waals surface area contributed by atoms with E-state index in [-0.39, 0.29) is 0 Å². The lowest BCUT2D eigenvalue weighted by atomic mass is 10.5. The molecule has 0 bridgehead atoms. The first kappa shape index (κ1) is 13.6. The molecule has 0 aromatic carbocycles. The van der Waals surface area contributed by atoms with Gasteiger partial charge in [-0.2, -0.15) is 0 Å². The summed E-state index contributed by atoms with van der Waals surface area (Å²) in [7, 11) is 0. The molecule has 0 atom stereocenters. The van der Waals surface area contributed by atoms with Gasteiger partial charge in [-0.1, -0.05) is 20.8 Å².